The van der Waals surface area contributed by atoms with Gasteiger partial charge in [-0.25, -0.2) is 0 Å². The fraction of sp³-hybridized carbons (Fsp3) is 0.667. The number of nitrogens with two attached hydrogens (primary N) is 2. The molecule has 3 atom stereocenters. The van der Waals surface area contributed by atoms with Gasteiger partial charge in [-0.3, -0.25) is 24.0 Å². The molecular weight excluding hydrogens is 378 g/mol. The quantitative estimate of drug-likeness (QED) is 0.131. The van der Waals surface area contributed by atoms with Gasteiger partial charge in [-0.1, -0.05) is 0 Å². The predicted octanol–water partition coefficient (Wildman–Crippen LogP) is -3.92. The highest BCUT2D eigenvalue weighted by molar-refractivity contribution is 5.95. The minimum absolute atomic E-state index is 0.128. The van der Waals surface area contributed by atoms with Crippen molar-refractivity contribution in [3.63, 3.8) is 0 Å². The highest BCUT2D eigenvalue weighted by atomic mass is 16.4. The molecule has 0 rings (SSSR count). The number of hydrogen-bond acceptors (Lipinski definition) is 8. The van der Waals surface area contributed by atoms with Gasteiger partial charge in [0.25, 0.3) is 0 Å². The summed E-state index contributed by atoms with van der Waals surface area (Å²) in [6.45, 7) is -1.06. The molecular formula is C15H27N5O8. The zero-order chi connectivity index (χ0) is 21.7. The maximum absolute atomic E-state index is 12.5. The van der Waals surface area contributed by atoms with Crippen LogP contribution in [0.25, 0.3) is 0 Å². The van der Waals surface area contributed by atoms with Gasteiger partial charge in [0.1, 0.15) is 24.7 Å². The number of nitrogens with one attached hydrogen (secondary N) is 3. The second-order valence-corrected chi connectivity index (χ2v) is 5.91. The Bertz CT molecular complexity index is 571. The smallest absolute Gasteiger partial charge is 0.322 e. The number of unbranched alkanes of at least 4 members (excludes halogenated alkanes) is 1. The first-order valence-electron chi connectivity index (χ1n) is 8.50. The molecule has 13 heteroatoms. The Hall–Kier alpha value is -2.77. The van der Waals surface area contributed by atoms with Crippen LogP contribution in [0.4, 0.5) is 0 Å². The Kier molecular flexibility index (Phi) is 12.1. The molecule has 28 heavy (non-hydrogen) atoms. The van der Waals surface area contributed by atoms with Gasteiger partial charge >= 0.3 is 11.9 Å². The van der Waals surface area contributed by atoms with E-state index in [1.54, 1.807) is 0 Å². The van der Waals surface area contributed by atoms with Crippen molar-refractivity contribution in [2.24, 2.45) is 11.5 Å². The molecule has 0 aliphatic carbocycles. The molecule has 0 radical (unpaired) electrons. The Labute approximate surface area is 160 Å². The Morgan fingerprint density at radius 2 is 1.46 bits per heavy atom. The lowest BCUT2D eigenvalue weighted by atomic mass is 10.1. The third-order valence-electron chi connectivity index (χ3n) is 3.54. The number of carboxylic acid groups (broad SMARTS) is 2. The van der Waals surface area contributed by atoms with Crippen molar-refractivity contribution in [2.45, 2.75) is 43.8 Å². The molecule has 0 heterocycles. The number of carbonyl (C=O) groups excluding carboxylic acids is 3. The molecule has 160 valence electrons. The second-order valence-electron chi connectivity index (χ2n) is 5.91. The molecule has 0 saturated heterocycles. The number of aliphatic carboxylic acids is 2. The van der Waals surface area contributed by atoms with Gasteiger partial charge < -0.3 is 42.7 Å². The summed E-state index contributed by atoms with van der Waals surface area (Å²) in [5.41, 5.74) is 10.8. The Morgan fingerprint density at radius 3 is 1.96 bits per heavy atom. The van der Waals surface area contributed by atoms with E-state index in [9.17, 15) is 24.0 Å². The number of rotatable bonds is 14. The fourth-order valence-electron chi connectivity index (χ4n) is 2.07. The third-order valence-corrected chi connectivity index (χ3v) is 3.54. The van der Waals surface area contributed by atoms with Crippen LogP contribution in [0.15, 0.2) is 0 Å². The van der Waals surface area contributed by atoms with E-state index >= 15 is 0 Å². The normalized spacial score (nSPS) is 13.7. The van der Waals surface area contributed by atoms with Crippen LogP contribution in [0, 0.1) is 0 Å². The third kappa shape index (κ3) is 10.4. The number of aliphatic hydroxyl groups excluding tert-OH is 1. The number of carbonyl (C=O) groups is 5. The molecule has 0 saturated carbocycles. The van der Waals surface area contributed by atoms with Gasteiger partial charge in [-0.05, 0) is 25.8 Å². The first-order valence-corrected chi connectivity index (χ1v) is 8.50. The molecule has 3 amide bonds. The minimum Gasteiger partial charge on any atom is -0.481 e. The van der Waals surface area contributed by atoms with Gasteiger partial charge in [0, 0.05) is 0 Å². The van der Waals surface area contributed by atoms with E-state index < -0.39 is 67.4 Å². The summed E-state index contributed by atoms with van der Waals surface area (Å²) in [4.78, 5) is 57.8. The van der Waals surface area contributed by atoms with Crippen LogP contribution in [-0.2, 0) is 24.0 Å². The van der Waals surface area contributed by atoms with Crippen LogP contribution in [0.5, 0.6) is 0 Å². The van der Waals surface area contributed by atoms with Crippen molar-refractivity contribution in [1.29, 1.82) is 0 Å². The maximum atomic E-state index is 12.5. The number of hydrogen-bond donors (Lipinski definition) is 8. The van der Waals surface area contributed by atoms with Crippen LogP contribution in [-0.4, -0.2) is 82.8 Å². The van der Waals surface area contributed by atoms with Crippen LogP contribution in [0.1, 0.15) is 25.7 Å². The lowest BCUT2D eigenvalue weighted by Gasteiger charge is -2.23. The van der Waals surface area contributed by atoms with E-state index in [0.717, 1.165) is 0 Å². The van der Waals surface area contributed by atoms with Gasteiger partial charge in [0.2, 0.25) is 17.7 Å². The summed E-state index contributed by atoms with van der Waals surface area (Å²) in [6, 6.07) is -3.97. The van der Waals surface area contributed by atoms with E-state index in [2.05, 4.69) is 10.6 Å². The molecule has 13 nitrogen and oxygen atoms in total. The Morgan fingerprint density at radius 1 is 0.857 bits per heavy atom. The average molecular weight is 405 g/mol. The molecule has 10 N–H and O–H groups in total. The fourth-order valence-corrected chi connectivity index (χ4v) is 2.07. The SMILES string of the molecule is NCCCCC(NC(=O)C(N)CO)C(=O)NC(CC(=O)O)C(=O)NCC(=O)O. The number of amides is 3. The first-order chi connectivity index (χ1) is 13.1. The van der Waals surface area contributed by atoms with E-state index in [4.69, 9.17) is 26.8 Å². The van der Waals surface area contributed by atoms with Gasteiger partial charge in [0.15, 0.2) is 0 Å². The molecule has 0 fully saturated rings. The van der Waals surface area contributed by atoms with E-state index in [1.165, 1.54) is 0 Å². The van der Waals surface area contributed by atoms with Gasteiger partial charge in [-0.2, -0.15) is 0 Å². The number of carboxylic acids is 2. The van der Waals surface area contributed by atoms with E-state index in [0.29, 0.717) is 19.4 Å². The summed E-state index contributed by atoms with van der Waals surface area (Å²) < 4.78 is 0. The predicted molar refractivity (Wildman–Crippen MR) is 94.7 cm³/mol. The highest BCUT2D eigenvalue weighted by Crippen LogP contribution is 2.03. The average Bonchev–Trinajstić information content (AvgIpc) is 2.63. The molecule has 0 aromatic rings. The molecule has 0 aliphatic rings. The zero-order valence-electron chi connectivity index (χ0n) is 15.2. The first kappa shape index (κ1) is 25.2. The van der Waals surface area contributed by atoms with Crippen molar-refractivity contribution >= 4 is 29.7 Å². The second kappa shape index (κ2) is 13.4. The lowest BCUT2D eigenvalue weighted by Crippen LogP contribution is -2.56. The van der Waals surface area contributed by atoms with Crippen LogP contribution in [0.2, 0.25) is 0 Å². The van der Waals surface area contributed by atoms with Crippen molar-refractivity contribution in [3.8, 4) is 0 Å². The van der Waals surface area contributed by atoms with Crippen molar-refractivity contribution in [1.82, 2.24) is 16.0 Å². The van der Waals surface area contributed by atoms with Crippen molar-refractivity contribution in [2.75, 3.05) is 19.7 Å². The monoisotopic (exact) mass is 405 g/mol. The summed E-state index contributed by atoms with van der Waals surface area (Å²) >= 11 is 0. The lowest BCUT2D eigenvalue weighted by molar-refractivity contribution is -0.141. The molecule has 0 aromatic heterocycles. The molecule has 0 bridgehead atoms. The van der Waals surface area contributed by atoms with Crippen LogP contribution < -0.4 is 27.4 Å². The van der Waals surface area contributed by atoms with Crippen LogP contribution in [0.3, 0.4) is 0 Å². The van der Waals surface area contributed by atoms with Gasteiger partial charge in [-0.15, -0.1) is 0 Å². The largest absolute Gasteiger partial charge is 0.481 e. The molecule has 0 aromatic carbocycles. The van der Waals surface area contributed by atoms with Crippen molar-refractivity contribution < 1.29 is 39.3 Å². The van der Waals surface area contributed by atoms with Gasteiger partial charge in [0.05, 0.1) is 13.0 Å². The molecule has 3 unspecified atom stereocenters. The highest BCUT2D eigenvalue weighted by Gasteiger charge is 2.29. The van der Waals surface area contributed by atoms with E-state index in [1.807, 2.05) is 5.32 Å². The van der Waals surface area contributed by atoms with E-state index in [-0.39, 0.29) is 6.42 Å². The minimum atomic E-state index is -1.55. The zero-order valence-corrected chi connectivity index (χ0v) is 15.2. The molecule has 0 spiro atoms. The summed E-state index contributed by atoms with van der Waals surface area (Å²) in [7, 11) is 0. The van der Waals surface area contributed by atoms with Crippen LogP contribution >= 0.6 is 0 Å². The number of aliphatic hydroxyl groups is 1. The summed E-state index contributed by atoms with van der Waals surface area (Å²) in [5, 5.41) is 32.9. The topological polar surface area (TPSA) is 234 Å². The van der Waals surface area contributed by atoms with Crippen molar-refractivity contribution in [3.05, 3.63) is 0 Å². The summed E-state index contributed by atoms with van der Waals surface area (Å²) in [6.07, 6.45) is 0.321. The molecule has 0 aliphatic heterocycles. The summed E-state index contributed by atoms with van der Waals surface area (Å²) in [5.74, 6) is -5.41. The standard InChI is InChI=1S/C15H27N5O8/c16-4-2-1-3-9(19-13(26)8(17)7-21)15(28)20-10(5-11(22)23)14(27)18-6-12(24)25/h8-10,21H,1-7,16-17H2,(H,18,27)(H,19,26)(H,20,28)(H,22,23)(H,24,25). The Balaban J connectivity index is 5.18. The maximum Gasteiger partial charge on any atom is 0.322 e.